The largest absolute Gasteiger partial charge is 0.497 e. The molecule has 0 unspecified atom stereocenters. The molecule has 45 heavy (non-hydrogen) atoms. The number of rotatable bonds is 10. The molecule has 2 aliphatic heterocycles. The van der Waals surface area contributed by atoms with E-state index in [2.05, 4.69) is 10.2 Å². The first kappa shape index (κ1) is 31.6. The zero-order valence-corrected chi connectivity index (χ0v) is 26.0. The molecule has 0 aromatic heterocycles. The van der Waals surface area contributed by atoms with E-state index in [0.717, 1.165) is 6.42 Å². The molecule has 1 saturated heterocycles. The maximum Gasteiger partial charge on any atom is 0.338 e. The summed E-state index contributed by atoms with van der Waals surface area (Å²) in [7, 11) is 1.58. The first-order valence-corrected chi connectivity index (χ1v) is 15.4. The van der Waals surface area contributed by atoms with Gasteiger partial charge in [0.05, 0.1) is 25.3 Å². The number of likely N-dealkylation sites (N-methyl/N-ethyl adjacent to an activating group) is 1. The molecule has 0 aliphatic carbocycles. The average Bonchev–Trinajstić information content (AvgIpc) is 3.30. The van der Waals surface area contributed by atoms with Crippen molar-refractivity contribution in [2.24, 2.45) is 0 Å². The molecule has 0 bridgehead atoms. The molecule has 1 N–H and O–H groups in total. The number of carbonyl (C=O) groups excluding carboxylic acids is 3. The summed E-state index contributed by atoms with van der Waals surface area (Å²) in [6.45, 7) is 6.98. The van der Waals surface area contributed by atoms with Gasteiger partial charge in [-0.3, -0.25) is 14.6 Å². The predicted molar refractivity (Wildman–Crippen MR) is 170 cm³/mol. The van der Waals surface area contributed by atoms with Crippen molar-refractivity contribution in [2.75, 3.05) is 53.0 Å². The first-order valence-electron chi connectivity index (χ1n) is 15.4. The fraction of sp³-hybridized carbons (Fsp3) is 0.343. The molecule has 2 heterocycles. The highest BCUT2D eigenvalue weighted by molar-refractivity contribution is 5.95. The summed E-state index contributed by atoms with van der Waals surface area (Å²) >= 11 is 0. The Morgan fingerprint density at radius 3 is 2.38 bits per heavy atom. The molecule has 3 amide bonds. The third-order valence-electron chi connectivity index (χ3n) is 7.99. The highest BCUT2D eigenvalue weighted by Gasteiger charge is 2.38. The second-order valence-electron chi connectivity index (χ2n) is 10.8. The predicted octanol–water partition coefficient (Wildman–Crippen LogP) is 5.24. The molecule has 10 heteroatoms. The summed E-state index contributed by atoms with van der Waals surface area (Å²) < 4.78 is 16.9. The highest BCUT2D eigenvalue weighted by atomic mass is 16.5. The Balaban J connectivity index is 1.42. The van der Waals surface area contributed by atoms with Gasteiger partial charge in [0.1, 0.15) is 17.2 Å². The zero-order valence-electron chi connectivity index (χ0n) is 26.0. The monoisotopic (exact) mass is 612 g/mol. The van der Waals surface area contributed by atoms with Gasteiger partial charge in [0.25, 0.3) is 5.91 Å². The van der Waals surface area contributed by atoms with Crippen molar-refractivity contribution >= 4 is 17.9 Å². The molecular weight excluding hydrogens is 572 g/mol. The van der Waals surface area contributed by atoms with E-state index in [9.17, 15) is 14.4 Å². The number of amides is 3. The summed E-state index contributed by atoms with van der Waals surface area (Å²) in [6, 6.07) is 23.0. The number of hydrogen-bond acceptors (Lipinski definition) is 7. The molecule has 1 atom stereocenters. The van der Waals surface area contributed by atoms with Crippen molar-refractivity contribution in [3.05, 3.63) is 101 Å². The molecule has 0 spiro atoms. The lowest BCUT2D eigenvalue weighted by atomic mass is 9.94. The summed E-state index contributed by atoms with van der Waals surface area (Å²) in [4.78, 5) is 46.1. The zero-order chi connectivity index (χ0) is 31.8. The van der Waals surface area contributed by atoms with E-state index < -0.39 is 12.0 Å². The number of hydrogen-bond donors (Lipinski definition) is 1. The number of para-hydroxylation sites is 1. The van der Waals surface area contributed by atoms with Crippen LogP contribution in [0.4, 0.5) is 4.79 Å². The van der Waals surface area contributed by atoms with Crippen LogP contribution < -0.4 is 14.8 Å². The van der Waals surface area contributed by atoms with Crippen molar-refractivity contribution in [3.8, 4) is 17.2 Å². The van der Waals surface area contributed by atoms with Crippen molar-refractivity contribution in [2.45, 2.75) is 26.3 Å². The molecule has 10 nitrogen and oxygen atoms in total. The van der Waals surface area contributed by atoms with Gasteiger partial charge in [-0.25, -0.2) is 9.59 Å². The van der Waals surface area contributed by atoms with E-state index in [4.69, 9.17) is 14.2 Å². The van der Waals surface area contributed by atoms with Gasteiger partial charge in [0, 0.05) is 50.5 Å². The molecule has 0 saturated carbocycles. The van der Waals surface area contributed by atoms with Gasteiger partial charge in [0.2, 0.25) is 0 Å². The topological polar surface area (TPSA) is 101 Å². The minimum absolute atomic E-state index is 0.0490. The van der Waals surface area contributed by atoms with Crippen LogP contribution in [0.25, 0.3) is 0 Å². The van der Waals surface area contributed by atoms with Crippen LogP contribution in [0.2, 0.25) is 0 Å². The Labute approximate surface area is 264 Å². The normalized spacial score (nSPS) is 17.4. The average molecular weight is 613 g/mol. The van der Waals surface area contributed by atoms with E-state index in [0.29, 0.717) is 78.9 Å². The number of urea groups is 1. The third-order valence-corrected chi connectivity index (χ3v) is 7.99. The van der Waals surface area contributed by atoms with E-state index in [1.807, 2.05) is 78.6 Å². The lowest BCUT2D eigenvalue weighted by Gasteiger charge is -2.38. The smallest absolute Gasteiger partial charge is 0.338 e. The van der Waals surface area contributed by atoms with Crippen molar-refractivity contribution < 1.29 is 28.6 Å². The van der Waals surface area contributed by atoms with Gasteiger partial charge in [-0.05, 0) is 68.3 Å². The Morgan fingerprint density at radius 1 is 0.867 bits per heavy atom. The summed E-state index contributed by atoms with van der Waals surface area (Å²) in [5, 5.41) is 3.03. The molecule has 2 aliphatic rings. The summed E-state index contributed by atoms with van der Waals surface area (Å²) in [6.07, 6.45) is 0.748. The molecular formula is C35H40N4O6. The molecule has 0 radical (unpaired) electrons. The van der Waals surface area contributed by atoms with Gasteiger partial charge in [0.15, 0.2) is 0 Å². The minimum Gasteiger partial charge on any atom is -0.497 e. The SMILES string of the molecule is CCOC(=O)C1=C(CN2CCCN(C(=O)c3cccc(OC)c3)CC2)N(CC)C(=O)N[C@H]1c1cccc(Oc2ccccc2)c1. The number of esters is 1. The Morgan fingerprint density at radius 2 is 1.62 bits per heavy atom. The van der Waals surface area contributed by atoms with Gasteiger partial charge in [-0.2, -0.15) is 0 Å². The fourth-order valence-electron chi connectivity index (χ4n) is 5.77. The standard InChI is InChI=1S/C35H40N4O6/c1-4-39-30(24-37-18-11-19-38(21-20-37)33(40)26-13-10-16-28(23-26)43-3)31(34(41)44-5-2)32(36-35(39)42)25-12-9-17-29(22-25)45-27-14-7-6-8-15-27/h6-10,12-17,22-23,32H,4-5,11,18-21,24H2,1-3H3,(H,36,42)/t32-/m0/s1. The van der Waals surface area contributed by atoms with Crippen LogP contribution in [0, 0.1) is 0 Å². The second-order valence-corrected chi connectivity index (χ2v) is 10.8. The summed E-state index contributed by atoms with van der Waals surface area (Å²) in [5.74, 6) is 1.38. The fourth-order valence-corrected chi connectivity index (χ4v) is 5.77. The summed E-state index contributed by atoms with van der Waals surface area (Å²) in [5.41, 5.74) is 2.28. The molecule has 1 fully saturated rings. The Bertz CT molecular complexity index is 1540. The Hall–Kier alpha value is -4.83. The van der Waals surface area contributed by atoms with Gasteiger partial charge >= 0.3 is 12.0 Å². The third kappa shape index (κ3) is 7.46. The van der Waals surface area contributed by atoms with Crippen LogP contribution in [0.1, 0.15) is 42.2 Å². The maximum atomic E-state index is 13.6. The first-order chi connectivity index (χ1) is 21.9. The van der Waals surface area contributed by atoms with Crippen LogP contribution in [0.3, 0.4) is 0 Å². The number of methoxy groups -OCH3 is 1. The van der Waals surface area contributed by atoms with Gasteiger partial charge in [-0.15, -0.1) is 0 Å². The van der Waals surface area contributed by atoms with Crippen molar-refractivity contribution in [1.29, 1.82) is 0 Å². The second kappa shape index (κ2) is 14.8. The van der Waals surface area contributed by atoms with Crippen molar-refractivity contribution in [3.63, 3.8) is 0 Å². The lowest BCUT2D eigenvalue weighted by Crippen LogP contribution is -2.51. The van der Waals surface area contributed by atoms with Crippen LogP contribution in [-0.2, 0) is 9.53 Å². The van der Waals surface area contributed by atoms with Gasteiger partial charge in [-0.1, -0.05) is 36.4 Å². The number of benzene rings is 3. The minimum atomic E-state index is -0.730. The van der Waals surface area contributed by atoms with E-state index in [-0.39, 0.29) is 18.5 Å². The number of nitrogens with zero attached hydrogens (tertiary/aromatic N) is 3. The highest BCUT2D eigenvalue weighted by Crippen LogP contribution is 2.34. The quantitative estimate of drug-likeness (QED) is 0.313. The van der Waals surface area contributed by atoms with Crippen LogP contribution in [0.15, 0.2) is 90.1 Å². The maximum absolute atomic E-state index is 13.6. The van der Waals surface area contributed by atoms with Crippen LogP contribution in [0.5, 0.6) is 17.2 Å². The van der Waals surface area contributed by atoms with Crippen LogP contribution >= 0.6 is 0 Å². The van der Waals surface area contributed by atoms with Gasteiger partial charge < -0.3 is 24.4 Å². The van der Waals surface area contributed by atoms with Crippen LogP contribution in [-0.4, -0.2) is 85.6 Å². The van der Waals surface area contributed by atoms with Crippen molar-refractivity contribution in [1.82, 2.24) is 20.0 Å². The number of carbonyl (C=O) groups is 3. The molecule has 5 rings (SSSR count). The number of ether oxygens (including phenoxy) is 3. The Kier molecular flexibility index (Phi) is 10.4. The van der Waals surface area contributed by atoms with E-state index in [1.165, 1.54) is 0 Å². The molecule has 3 aromatic rings. The van der Waals surface area contributed by atoms with E-state index >= 15 is 0 Å². The molecule has 236 valence electrons. The number of nitrogens with one attached hydrogen (secondary N) is 1. The lowest BCUT2D eigenvalue weighted by molar-refractivity contribution is -0.139. The molecule has 3 aromatic carbocycles. The van der Waals surface area contributed by atoms with E-state index in [1.54, 1.807) is 31.1 Å².